The molecule has 0 aromatic carbocycles. The fourth-order valence-corrected chi connectivity index (χ4v) is 2.33. The van der Waals surface area contributed by atoms with Gasteiger partial charge in [-0.15, -0.1) is 0 Å². The molecule has 5 heteroatoms. The molecule has 0 spiro atoms. The minimum atomic E-state index is 0.481. The Balaban J connectivity index is 2.21. The molecular formula is C13H22N4O. The van der Waals surface area contributed by atoms with E-state index in [0.717, 1.165) is 18.8 Å². The average Bonchev–Trinajstić information content (AvgIpc) is 2.39. The van der Waals surface area contributed by atoms with Gasteiger partial charge in [0, 0.05) is 12.6 Å². The summed E-state index contributed by atoms with van der Waals surface area (Å²) in [5, 5.41) is 0. The van der Waals surface area contributed by atoms with E-state index >= 15 is 0 Å². The Morgan fingerprint density at radius 3 is 3.00 bits per heavy atom. The second-order valence-corrected chi connectivity index (χ2v) is 4.80. The molecule has 1 aromatic heterocycles. The molecule has 0 aliphatic carbocycles. The van der Waals surface area contributed by atoms with E-state index in [1.807, 2.05) is 0 Å². The number of nitrogens with zero attached hydrogens (tertiary/aromatic N) is 3. The zero-order valence-electron chi connectivity index (χ0n) is 11.2. The molecule has 2 N–H and O–H groups in total. The van der Waals surface area contributed by atoms with Crippen molar-refractivity contribution in [1.29, 1.82) is 0 Å². The summed E-state index contributed by atoms with van der Waals surface area (Å²) < 4.78 is 5.55. The summed E-state index contributed by atoms with van der Waals surface area (Å²) in [4.78, 5) is 10.7. The third-order valence-electron chi connectivity index (χ3n) is 3.34. The van der Waals surface area contributed by atoms with Crippen LogP contribution in [0.4, 0.5) is 11.5 Å². The van der Waals surface area contributed by atoms with Gasteiger partial charge < -0.3 is 15.4 Å². The van der Waals surface area contributed by atoms with Crippen LogP contribution in [0.25, 0.3) is 0 Å². The number of ether oxygens (including phenoxy) is 1. The molecule has 1 atom stereocenters. The summed E-state index contributed by atoms with van der Waals surface area (Å²) in [5.74, 6) is 1.34. The van der Waals surface area contributed by atoms with Gasteiger partial charge in [0.25, 0.3) is 0 Å². The van der Waals surface area contributed by atoms with Crippen LogP contribution >= 0.6 is 0 Å². The van der Waals surface area contributed by atoms with Crippen molar-refractivity contribution in [3.05, 3.63) is 6.33 Å². The summed E-state index contributed by atoms with van der Waals surface area (Å²) in [6, 6.07) is 0.481. The number of hydrogen-bond acceptors (Lipinski definition) is 5. The fraction of sp³-hybridized carbons (Fsp3) is 0.692. The Bertz CT molecular complexity index is 397. The Morgan fingerprint density at radius 1 is 1.44 bits per heavy atom. The highest BCUT2D eigenvalue weighted by atomic mass is 16.5. The number of nitrogen functional groups attached to an aromatic ring is 1. The predicted molar refractivity (Wildman–Crippen MR) is 72.9 cm³/mol. The van der Waals surface area contributed by atoms with E-state index < -0.39 is 0 Å². The van der Waals surface area contributed by atoms with E-state index in [-0.39, 0.29) is 0 Å². The van der Waals surface area contributed by atoms with Gasteiger partial charge in [-0.25, -0.2) is 4.98 Å². The lowest BCUT2D eigenvalue weighted by atomic mass is 10.0. The second kappa shape index (κ2) is 5.89. The van der Waals surface area contributed by atoms with Crippen LogP contribution in [-0.4, -0.2) is 29.2 Å². The maximum absolute atomic E-state index is 6.13. The van der Waals surface area contributed by atoms with Crippen LogP contribution in [0.5, 0.6) is 5.88 Å². The molecule has 100 valence electrons. The average molecular weight is 250 g/mol. The first-order valence-corrected chi connectivity index (χ1v) is 6.74. The van der Waals surface area contributed by atoms with Crippen molar-refractivity contribution in [2.24, 2.45) is 0 Å². The topological polar surface area (TPSA) is 64.3 Å². The van der Waals surface area contributed by atoms with Gasteiger partial charge in [-0.1, -0.05) is 6.92 Å². The number of rotatable bonds is 4. The van der Waals surface area contributed by atoms with E-state index in [9.17, 15) is 0 Å². The maximum Gasteiger partial charge on any atom is 0.242 e. The van der Waals surface area contributed by atoms with E-state index in [0.29, 0.717) is 24.2 Å². The summed E-state index contributed by atoms with van der Waals surface area (Å²) in [5.41, 5.74) is 6.69. The smallest absolute Gasteiger partial charge is 0.242 e. The van der Waals surface area contributed by atoms with Crippen molar-refractivity contribution < 1.29 is 4.74 Å². The molecule has 0 bridgehead atoms. The normalized spacial score (nSPS) is 19.9. The van der Waals surface area contributed by atoms with Gasteiger partial charge in [-0.05, 0) is 32.6 Å². The third kappa shape index (κ3) is 2.66. The summed E-state index contributed by atoms with van der Waals surface area (Å²) in [6.07, 6.45) is 6.15. The van der Waals surface area contributed by atoms with Crippen LogP contribution < -0.4 is 15.4 Å². The van der Waals surface area contributed by atoms with E-state index in [2.05, 4.69) is 28.7 Å². The van der Waals surface area contributed by atoms with Crippen molar-refractivity contribution in [2.45, 2.75) is 45.6 Å². The number of aromatic nitrogens is 2. The zero-order chi connectivity index (χ0) is 13.0. The predicted octanol–water partition coefficient (Wildman–Crippen LogP) is 2.23. The molecule has 1 aliphatic heterocycles. The van der Waals surface area contributed by atoms with Gasteiger partial charge in [0.2, 0.25) is 5.88 Å². The van der Waals surface area contributed by atoms with Crippen LogP contribution in [0.3, 0.4) is 0 Å². The molecular weight excluding hydrogens is 228 g/mol. The van der Waals surface area contributed by atoms with Gasteiger partial charge in [0.1, 0.15) is 12.0 Å². The van der Waals surface area contributed by atoms with E-state index in [1.54, 1.807) is 0 Å². The van der Waals surface area contributed by atoms with Gasteiger partial charge in [0.15, 0.2) is 5.82 Å². The molecule has 1 saturated heterocycles. The molecule has 1 aliphatic rings. The zero-order valence-corrected chi connectivity index (χ0v) is 11.2. The van der Waals surface area contributed by atoms with Crippen molar-refractivity contribution in [2.75, 3.05) is 23.8 Å². The summed E-state index contributed by atoms with van der Waals surface area (Å²) >= 11 is 0. The fourth-order valence-electron chi connectivity index (χ4n) is 2.33. The lowest BCUT2D eigenvalue weighted by molar-refractivity contribution is 0.306. The van der Waals surface area contributed by atoms with Crippen LogP contribution in [0, 0.1) is 0 Å². The standard InChI is InChI=1S/C13H22N4O/c1-3-8-18-13-11(14)12(15-9-16-13)17-7-5-4-6-10(17)2/h9-10H,3-8,14H2,1-2H3. The highest BCUT2D eigenvalue weighted by Gasteiger charge is 2.23. The number of anilines is 2. The quantitative estimate of drug-likeness (QED) is 0.887. The molecule has 2 heterocycles. The molecule has 0 amide bonds. The molecule has 0 radical (unpaired) electrons. The summed E-state index contributed by atoms with van der Waals surface area (Å²) in [6.45, 7) is 5.92. The SMILES string of the molecule is CCCOc1ncnc(N2CCCCC2C)c1N. The van der Waals surface area contributed by atoms with E-state index in [4.69, 9.17) is 10.5 Å². The molecule has 1 unspecified atom stereocenters. The van der Waals surface area contributed by atoms with Crippen molar-refractivity contribution in [3.63, 3.8) is 0 Å². The highest BCUT2D eigenvalue weighted by molar-refractivity contribution is 5.68. The monoisotopic (exact) mass is 250 g/mol. The lowest BCUT2D eigenvalue weighted by Crippen LogP contribution is -2.38. The molecule has 1 aromatic rings. The number of hydrogen-bond donors (Lipinski definition) is 1. The Hall–Kier alpha value is -1.52. The Labute approximate surface area is 108 Å². The largest absolute Gasteiger partial charge is 0.476 e. The molecule has 2 rings (SSSR count). The lowest BCUT2D eigenvalue weighted by Gasteiger charge is -2.35. The Morgan fingerprint density at radius 2 is 2.28 bits per heavy atom. The second-order valence-electron chi connectivity index (χ2n) is 4.80. The molecule has 1 fully saturated rings. The first kappa shape index (κ1) is 12.9. The number of piperidine rings is 1. The maximum atomic E-state index is 6.13. The van der Waals surface area contributed by atoms with Crippen LogP contribution in [-0.2, 0) is 0 Å². The third-order valence-corrected chi connectivity index (χ3v) is 3.34. The van der Waals surface area contributed by atoms with Gasteiger partial charge in [-0.3, -0.25) is 0 Å². The minimum Gasteiger partial charge on any atom is -0.476 e. The molecule has 0 saturated carbocycles. The first-order valence-electron chi connectivity index (χ1n) is 6.74. The Kier molecular flexibility index (Phi) is 4.23. The van der Waals surface area contributed by atoms with Gasteiger partial charge in [0.05, 0.1) is 6.61 Å². The van der Waals surface area contributed by atoms with Crippen LogP contribution in [0.2, 0.25) is 0 Å². The van der Waals surface area contributed by atoms with Gasteiger partial charge >= 0.3 is 0 Å². The first-order chi connectivity index (χ1) is 8.74. The van der Waals surface area contributed by atoms with Crippen LogP contribution in [0.1, 0.15) is 39.5 Å². The van der Waals surface area contributed by atoms with E-state index in [1.165, 1.54) is 25.6 Å². The minimum absolute atomic E-state index is 0.481. The van der Waals surface area contributed by atoms with Crippen molar-refractivity contribution >= 4 is 11.5 Å². The van der Waals surface area contributed by atoms with Crippen LogP contribution in [0.15, 0.2) is 6.33 Å². The summed E-state index contributed by atoms with van der Waals surface area (Å²) in [7, 11) is 0. The van der Waals surface area contributed by atoms with Crippen molar-refractivity contribution in [3.8, 4) is 5.88 Å². The molecule has 5 nitrogen and oxygen atoms in total. The highest BCUT2D eigenvalue weighted by Crippen LogP contribution is 2.31. The molecule has 18 heavy (non-hydrogen) atoms. The van der Waals surface area contributed by atoms with Gasteiger partial charge in [-0.2, -0.15) is 4.98 Å². The van der Waals surface area contributed by atoms with Crippen molar-refractivity contribution in [1.82, 2.24) is 9.97 Å². The number of nitrogens with two attached hydrogens (primary N) is 1.